The molecule has 1 aromatic carbocycles. The van der Waals surface area contributed by atoms with Crippen molar-refractivity contribution in [1.29, 1.82) is 0 Å². The quantitative estimate of drug-likeness (QED) is 0.797. The van der Waals surface area contributed by atoms with Crippen LogP contribution in [0.15, 0.2) is 29.2 Å². The molecule has 0 bridgehead atoms. The summed E-state index contributed by atoms with van der Waals surface area (Å²) in [5.74, 6) is 2.09. The van der Waals surface area contributed by atoms with Crippen LogP contribution >= 0.6 is 11.8 Å². The van der Waals surface area contributed by atoms with Gasteiger partial charge in [-0.15, -0.1) is 11.8 Å². The van der Waals surface area contributed by atoms with Gasteiger partial charge in [0.05, 0.1) is 0 Å². The molecule has 1 aromatic rings. The van der Waals surface area contributed by atoms with Gasteiger partial charge in [0, 0.05) is 16.7 Å². The van der Waals surface area contributed by atoms with E-state index in [-0.39, 0.29) is 0 Å². The van der Waals surface area contributed by atoms with Crippen LogP contribution in [0.4, 0.5) is 0 Å². The van der Waals surface area contributed by atoms with Gasteiger partial charge in [0.2, 0.25) is 0 Å². The third kappa shape index (κ3) is 3.76. The SMILES string of the molecule is CNC(CSc1ccccc1C)C1CCCCC1. The maximum Gasteiger partial charge on any atom is 0.0186 e. The molecule has 1 aliphatic carbocycles. The van der Waals surface area contributed by atoms with Gasteiger partial charge in [-0.1, -0.05) is 37.5 Å². The van der Waals surface area contributed by atoms with E-state index in [1.807, 2.05) is 11.8 Å². The molecule has 1 nitrogen and oxygen atoms in total. The van der Waals surface area contributed by atoms with E-state index in [1.165, 1.54) is 48.3 Å². The first-order chi connectivity index (χ1) is 8.81. The third-order valence-corrected chi connectivity index (χ3v) is 5.40. The highest BCUT2D eigenvalue weighted by molar-refractivity contribution is 7.99. The Labute approximate surface area is 116 Å². The van der Waals surface area contributed by atoms with Crippen LogP contribution in [0, 0.1) is 12.8 Å². The minimum absolute atomic E-state index is 0.676. The van der Waals surface area contributed by atoms with E-state index < -0.39 is 0 Å². The van der Waals surface area contributed by atoms with Crippen molar-refractivity contribution in [2.24, 2.45) is 5.92 Å². The van der Waals surface area contributed by atoms with Crippen LogP contribution in [0.25, 0.3) is 0 Å². The molecule has 100 valence electrons. The van der Waals surface area contributed by atoms with Crippen LogP contribution in [0.2, 0.25) is 0 Å². The lowest BCUT2D eigenvalue weighted by molar-refractivity contribution is 0.294. The average Bonchev–Trinajstić information content (AvgIpc) is 2.42. The third-order valence-electron chi connectivity index (χ3n) is 4.10. The average molecular weight is 263 g/mol. The van der Waals surface area contributed by atoms with E-state index in [0.29, 0.717) is 6.04 Å². The minimum atomic E-state index is 0.676. The molecule has 0 aromatic heterocycles. The number of thioether (sulfide) groups is 1. The highest BCUT2D eigenvalue weighted by atomic mass is 32.2. The van der Waals surface area contributed by atoms with Crippen molar-refractivity contribution < 1.29 is 0 Å². The lowest BCUT2D eigenvalue weighted by atomic mass is 9.84. The first kappa shape index (κ1) is 14.0. The molecule has 2 rings (SSSR count). The maximum absolute atomic E-state index is 3.54. The molecule has 1 unspecified atom stereocenters. The van der Waals surface area contributed by atoms with Crippen molar-refractivity contribution in [3.8, 4) is 0 Å². The molecule has 2 heteroatoms. The van der Waals surface area contributed by atoms with Crippen molar-refractivity contribution in [1.82, 2.24) is 5.32 Å². The molecule has 1 saturated carbocycles. The number of hydrogen-bond acceptors (Lipinski definition) is 2. The van der Waals surface area contributed by atoms with Crippen LogP contribution in [0.1, 0.15) is 37.7 Å². The lowest BCUT2D eigenvalue weighted by Crippen LogP contribution is -2.36. The minimum Gasteiger partial charge on any atom is -0.316 e. The number of hydrogen-bond donors (Lipinski definition) is 1. The summed E-state index contributed by atoms with van der Waals surface area (Å²) in [6.45, 7) is 2.21. The smallest absolute Gasteiger partial charge is 0.0186 e. The summed E-state index contributed by atoms with van der Waals surface area (Å²) in [6, 6.07) is 9.39. The molecular weight excluding hydrogens is 238 g/mol. The normalized spacial score (nSPS) is 18.8. The van der Waals surface area contributed by atoms with E-state index in [4.69, 9.17) is 0 Å². The van der Waals surface area contributed by atoms with Gasteiger partial charge in [-0.2, -0.15) is 0 Å². The molecular formula is C16H25NS. The molecule has 0 aliphatic heterocycles. The Bertz CT molecular complexity index is 358. The van der Waals surface area contributed by atoms with Crippen LogP contribution in [0.3, 0.4) is 0 Å². The number of nitrogens with one attached hydrogen (secondary N) is 1. The van der Waals surface area contributed by atoms with E-state index in [9.17, 15) is 0 Å². The Morgan fingerprint density at radius 1 is 1.22 bits per heavy atom. The van der Waals surface area contributed by atoms with Crippen LogP contribution in [-0.4, -0.2) is 18.8 Å². The Kier molecular flexibility index (Phi) is 5.58. The van der Waals surface area contributed by atoms with E-state index >= 15 is 0 Å². The summed E-state index contributed by atoms with van der Waals surface area (Å²) < 4.78 is 0. The summed E-state index contributed by atoms with van der Waals surface area (Å²) in [6.07, 6.45) is 7.13. The molecule has 1 aliphatic rings. The Balaban J connectivity index is 1.88. The van der Waals surface area contributed by atoms with Crippen molar-refractivity contribution in [2.45, 2.75) is 50.0 Å². The molecule has 0 heterocycles. The Morgan fingerprint density at radius 2 is 1.94 bits per heavy atom. The van der Waals surface area contributed by atoms with Crippen molar-refractivity contribution >= 4 is 11.8 Å². The van der Waals surface area contributed by atoms with Gasteiger partial charge in [0.15, 0.2) is 0 Å². The second-order valence-electron chi connectivity index (χ2n) is 5.37. The van der Waals surface area contributed by atoms with Crippen molar-refractivity contribution in [3.05, 3.63) is 29.8 Å². The summed E-state index contributed by atoms with van der Waals surface area (Å²) in [7, 11) is 2.12. The van der Waals surface area contributed by atoms with Gasteiger partial charge in [0.25, 0.3) is 0 Å². The molecule has 0 saturated heterocycles. The number of rotatable bonds is 5. The fourth-order valence-corrected chi connectivity index (χ4v) is 4.16. The summed E-state index contributed by atoms with van der Waals surface area (Å²) in [5.41, 5.74) is 1.40. The van der Waals surface area contributed by atoms with E-state index in [2.05, 4.69) is 43.6 Å². The fraction of sp³-hybridized carbons (Fsp3) is 0.625. The molecule has 1 fully saturated rings. The molecule has 1 N–H and O–H groups in total. The molecule has 1 atom stereocenters. The van der Waals surface area contributed by atoms with Gasteiger partial charge >= 0.3 is 0 Å². The molecule has 18 heavy (non-hydrogen) atoms. The highest BCUT2D eigenvalue weighted by Gasteiger charge is 2.22. The first-order valence-electron chi connectivity index (χ1n) is 7.17. The second-order valence-corrected chi connectivity index (χ2v) is 6.43. The van der Waals surface area contributed by atoms with Gasteiger partial charge in [-0.05, 0) is 44.4 Å². The zero-order valence-electron chi connectivity index (χ0n) is 11.6. The van der Waals surface area contributed by atoms with Gasteiger partial charge in [0.1, 0.15) is 0 Å². The summed E-state index contributed by atoms with van der Waals surface area (Å²) in [5, 5.41) is 3.54. The van der Waals surface area contributed by atoms with Gasteiger partial charge < -0.3 is 5.32 Å². The second kappa shape index (κ2) is 7.20. The van der Waals surface area contributed by atoms with Crippen LogP contribution in [-0.2, 0) is 0 Å². The van der Waals surface area contributed by atoms with E-state index in [0.717, 1.165) is 5.92 Å². The molecule has 0 radical (unpaired) electrons. The predicted octanol–water partition coefficient (Wildman–Crippen LogP) is 4.26. The molecule has 0 spiro atoms. The number of benzene rings is 1. The topological polar surface area (TPSA) is 12.0 Å². The largest absolute Gasteiger partial charge is 0.316 e. The standard InChI is InChI=1S/C16H25NS/c1-13-8-6-7-11-16(13)18-12-15(17-2)14-9-4-3-5-10-14/h6-8,11,14-15,17H,3-5,9-10,12H2,1-2H3. The summed E-state index contributed by atoms with van der Waals surface area (Å²) >= 11 is 2.01. The monoisotopic (exact) mass is 263 g/mol. The maximum atomic E-state index is 3.54. The van der Waals surface area contributed by atoms with Crippen molar-refractivity contribution in [3.63, 3.8) is 0 Å². The van der Waals surface area contributed by atoms with Crippen LogP contribution < -0.4 is 5.32 Å². The Hall–Kier alpha value is -0.470. The van der Waals surface area contributed by atoms with Gasteiger partial charge in [-0.3, -0.25) is 0 Å². The van der Waals surface area contributed by atoms with E-state index in [1.54, 1.807) is 0 Å². The Morgan fingerprint density at radius 3 is 2.61 bits per heavy atom. The zero-order chi connectivity index (χ0) is 12.8. The van der Waals surface area contributed by atoms with Crippen LogP contribution in [0.5, 0.6) is 0 Å². The summed E-state index contributed by atoms with van der Waals surface area (Å²) in [4.78, 5) is 1.44. The number of aryl methyl sites for hydroxylation is 1. The predicted molar refractivity (Wildman–Crippen MR) is 81.3 cm³/mol. The highest BCUT2D eigenvalue weighted by Crippen LogP contribution is 2.30. The first-order valence-corrected chi connectivity index (χ1v) is 8.15. The van der Waals surface area contributed by atoms with Gasteiger partial charge in [-0.25, -0.2) is 0 Å². The van der Waals surface area contributed by atoms with Crippen molar-refractivity contribution in [2.75, 3.05) is 12.8 Å². The molecule has 0 amide bonds. The zero-order valence-corrected chi connectivity index (χ0v) is 12.4. The fourth-order valence-electron chi connectivity index (χ4n) is 2.89. The lowest BCUT2D eigenvalue weighted by Gasteiger charge is -2.30.